The number of anilines is 1. The molecule has 1 aromatic heterocycles. The molecule has 0 saturated carbocycles. The van der Waals surface area contributed by atoms with Gasteiger partial charge in [-0.1, -0.05) is 20.3 Å². The van der Waals surface area contributed by atoms with Crippen LogP contribution in [0.15, 0.2) is 0 Å². The lowest BCUT2D eigenvalue weighted by molar-refractivity contribution is -0.128. The molecule has 19 heavy (non-hydrogen) atoms. The lowest BCUT2D eigenvalue weighted by Crippen LogP contribution is -2.35. The van der Waals surface area contributed by atoms with Crippen LogP contribution in [-0.2, 0) is 9.53 Å². The Morgan fingerprint density at radius 3 is 2.63 bits per heavy atom. The molecule has 1 aromatic rings. The number of hydrogen-bond donors (Lipinski definition) is 2. The number of carbonyl (C=O) groups is 1. The molecule has 1 heterocycles. The third kappa shape index (κ3) is 3.50. The van der Waals surface area contributed by atoms with Crippen LogP contribution in [0.1, 0.15) is 38.1 Å². The molecule has 0 aliphatic carbocycles. The van der Waals surface area contributed by atoms with Gasteiger partial charge in [-0.05, 0) is 12.8 Å². The third-order valence-corrected chi connectivity index (χ3v) is 3.10. The van der Waals surface area contributed by atoms with E-state index in [0.29, 0.717) is 5.69 Å². The summed E-state index contributed by atoms with van der Waals surface area (Å²) in [5.41, 5.74) is -0.0298. The summed E-state index contributed by atoms with van der Waals surface area (Å²) < 4.78 is 30.6. The fourth-order valence-corrected chi connectivity index (χ4v) is 1.77. The Hall–Kier alpha value is -1.50. The molecule has 0 saturated heterocycles. The van der Waals surface area contributed by atoms with Crippen molar-refractivity contribution in [3.63, 3.8) is 0 Å². The molecule has 0 aliphatic rings. The number of nitrogens with zero attached hydrogens (tertiary/aromatic N) is 1. The van der Waals surface area contributed by atoms with E-state index in [4.69, 9.17) is 4.74 Å². The highest BCUT2D eigenvalue weighted by atomic mass is 19.3. The molecule has 5 nitrogen and oxygen atoms in total. The molecular weight excluding hydrogens is 256 g/mol. The highest BCUT2D eigenvalue weighted by Crippen LogP contribution is 2.27. The smallest absolute Gasteiger partial charge is 0.284 e. The van der Waals surface area contributed by atoms with E-state index < -0.39 is 24.1 Å². The van der Waals surface area contributed by atoms with Gasteiger partial charge in [0.25, 0.3) is 12.3 Å². The Morgan fingerprint density at radius 2 is 2.16 bits per heavy atom. The highest BCUT2D eigenvalue weighted by Gasteiger charge is 2.27. The topological polar surface area (TPSA) is 67.0 Å². The second-order valence-electron chi connectivity index (χ2n) is 4.44. The van der Waals surface area contributed by atoms with Crippen LogP contribution in [0.25, 0.3) is 0 Å². The number of H-pyrrole nitrogens is 1. The van der Waals surface area contributed by atoms with Gasteiger partial charge in [-0.15, -0.1) is 0 Å². The highest BCUT2D eigenvalue weighted by molar-refractivity contribution is 5.95. The van der Waals surface area contributed by atoms with Crippen molar-refractivity contribution in [3.8, 4) is 0 Å². The molecule has 2 atom stereocenters. The van der Waals surface area contributed by atoms with Crippen molar-refractivity contribution >= 4 is 11.6 Å². The van der Waals surface area contributed by atoms with Crippen LogP contribution in [0, 0.1) is 12.8 Å². The van der Waals surface area contributed by atoms with Gasteiger partial charge in [0.2, 0.25) is 0 Å². The maximum atomic E-state index is 12.7. The second-order valence-corrected chi connectivity index (χ2v) is 4.44. The zero-order chi connectivity index (χ0) is 14.6. The maximum Gasteiger partial charge on any atom is 0.284 e. The Morgan fingerprint density at radius 1 is 1.53 bits per heavy atom. The van der Waals surface area contributed by atoms with Crippen LogP contribution in [0.2, 0.25) is 0 Å². The number of methoxy groups -OCH3 is 1. The van der Waals surface area contributed by atoms with Gasteiger partial charge in [-0.3, -0.25) is 9.89 Å². The molecule has 7 heteroatoms. The van der Waals surface area contributed by atoms with E-state index in [1.165, 1.54) is 7.11 Å². The van der Waals surface area contributed by atoms with Gasteiger partial charge in [0.15, 0.2) is 5.69 Å². The number of carbonyl (C=O) groups excluding carboxylic acids is 1. The summed E-state index contributed by atoms with van der Waals surface area (Å²) in [5, 5.41) is 8.40. The van der Waals surface area contributed by atoms with Gasteiger partial charge in [0, 0.05) is 7.11 Å². The first-order chi connectivity index (χ1) is 8.92. The van der Waals surface area contributed by atoms with E-state index in [9.17, 15) is 13.6 Å². The van der Waals surface area contributed by atoms with Crippen LogP contribution in [0.3, 0.4) is 0 Å². The number of amides is 1. The normalized spacial score (nSPS) is 14.5. The predicted octanol–water partition coefficient (Wildman–Crippen LogP) is 2.66. The third-order valence-electron chi connectivity index (χ3n) is 3.10. The first kappa shape index (κ1) is 15.6. The van der Waals surface area contributed by atoms with Crippen molar-refractivity contribution in [2.45, 2.75) is 39.7 Å². The molecule has 2 unspecified atom stereocenters. The van der Waals surface area contributed by atoms with Gasteiger partial charge < -0.3 is 10.1 Å². The standard InChI is InChI=1S/C12H19F2N3O2/c1-5-6(2)10(19-4)12(18)15-8-7(3)16-17-9(8)11(13)14/h6,10-11H,5H2,1-4H3,(H,15,18)(H,16,17). The fourth-order valence-electron chi connectivity index (χ4n) is 1.77. The maximum absolute atomic E-state index is 12.7. The van der Waals surface area contributed by atoms with Crippen molar-refractivity contribution < 1.29 is 18.3 Å². The predicted molar refractivity (Wildman–Crippen MR) is 67.2 cm³/mol. The van der Waals surface area contributed by atoms with Crippen molar-refractivity contribution in [3.05, 3.63) is 11.4 Å². The molecular formula is C12H19F2N3O2. The number of aromatic nitrogens is 2. The van der Waals surface area contributed by atoms with Crippen LogP contribution < -0.4 is 5.32 Å². The number of nitrogens with one attached hydrogen (secondary N) is 2. The number of aryl methyl sites for hydroxylation is 1. The van der Waals surface area contributed by atoms with Gasteiger partial charge in [0.1, 0.15) is 6.10 Å². The van der Waals surface area contributed by atoms with Crippen molar-refractivity contribution in [1.82, 2.24) is 10.2 Å². The second kappa shape index (κ2) is 6.60. The quantitative estimate of drug-likeness (QED) is 0.838. The molecule has 0 spiro atoms. The summed E-state index contributed by atoms with van der Waals surface area (Å²) in [6.07, 6.45) is -2.67. The summed E-state index contributed by atoms with van der Waals surface area (Å²) >= 11 is 0. The first-order valence-corrected chi connectivity index (χ1v) is 6.09. The summed E-state index contributed by atoms with van der Waals surface area (Å²) in [6.45, 7) is 5.36. The monoisotopic (exact) mass is 275 g/mol. The Labute approximate surface area is 110 Å². The van der Waals surface area contributed by atoms with Crippen molar-refractivity contribution in [2.75, 3.05) is 12.4 Å². The molecule has 1 amide bonds. The van der Waals surface area contributed by atoms with Crippen LogP contribution >= 0.6 is 0 Å². The minimum Gasteiger partial charge on any atom is -0.371 e. The molecule has 2 N–H and O–H groups in total. The Bertz CT molecular complexity index is 435. The molecule has 0 aliphatic heterocycles. The summed E-state index contributed by atoms with van der Waals surface area (Å²) in [5.74, 6) is -0.449. The van der Waals surface area contributed by atoms with Crippen LogP contribution in [-0.4, -0.2) is 29.3 Å². The molecule has 1 rings (SSSR count). The number of ether oxygens (including phenoxy) is 1. The SMILES string of the molecule is CCC(C)C(OC)C(=O)Nc1c(C(F)F)n[nH]c1C. The number of rotatable bonds is 6. The van der Waals surface area contributed by atoms with Crippen LogP contribution in [0.5, 0.6) is 0 Å². The lowest BCUT2D eigenvalue weighted by atomic mass is 10.0. The van der Waals surface area contributed by atoms with Crippen LogP contribution in [0.4, 0.5) is 14.5 Å². The molecule has 108 valence electrons. The minimum atomic E-state index is -2.75. The average molecular weight is 275 g/mol. The Balaban J connectivity index is 2.90. The minimum absolute atomic E-state index is 0.00722. The van der Waals surface area contributed by atoms with Gasteiger partial charge in [0.05, 0.1) is 11.4 Å². The van der Waals surface area contributed by atoms with Gasteiger partial charge in [-0.2, -0.15) is 5.10 Å². The number of alkyl halides is 2. The zero-order valence-corrected chi connectivity index (χ0v) is 11.5. The number of halogens is 2. The zero-order valence-electron chi connectivity index (χ0n) is 11.5. The van der Waals surface area contributed by atoms with Crippen molar-refractivity contribution in [1.29, 1.82) is 0 Å². The molecule has 0 fully saturated rings. The van der Waals surface area contributed by atoms with Gasteiger partial charge >= 0.3 is 0 Å². The van der Waals surface area contributed by atoms with E-state index in [2.05, 4.69) is 15.5 Å². The van der Waals surface area contributed by atoms with E-state index in [-0.39, 0.29) is 11.6 Å². The Kier molecular flexibility index (Phi) is 5.41. The summed E-state index contributed by atoms with van der Waals surface area (Å²) in [4.78, 5) is 12.0. The van der Waals surface area contributed by atoms with E-state index in [0.717, 1.165) is 6.42 Å². The van der Waals surface area contributed by atoms with E-state index >= 15 is 0 Å². The lowest BCUT2D eigenvalue weighted by Gasteiger charge is -2.20. The largest absolute Gasteiger partial charge is 0.371 e. The number of aromatic amines is 1. The fraction of sp³-hybridized carbons (Fsp3) is 0.667. The molecule has 0 radical (unpaired) electrons. The summed E-state index contributed by atoms with van der Waals surface area (Å²) in [7, 11) is 1.42. The van der Waals surface area contributed by atoms with E-state index in [1.807, 2.05) is 13.8 Å². The number of hydrogen-bond acceptors (Lipinski definition) is 3. The van der Waals surface area contributed by atoms with Gasteiger partial charge in [-0.25, -0.2) is 8.78 Å². The molecule has 0 aromatic carbocycles. The average Bonchev–Trinajstić information content (AvgIpc) is 2.71. The van der Waals surface area contributed by atoms with Crippen molar-refractivity contribution in [2.24, 2.45) is 5.92 Å². The summed E-state index contributed by atoms with van der Waals surface area (Å²) in [6, 6.07) is 0. The molecule has 0 bridgehead atoms. The first-order valence-electron chi connectivity index (χ1n) is 6.09. The van der Waals surface area contributed by atoms with E-state index in [1.54, 1.807) is 6.92 Å².